The molecule has 4 heteroatoms. The maximum atomic E-state index is 9.74. The predicted octanol–water partition coefficient (Wildman–Crippen LogP) is 5.86. The summed E-state index contributed by atoms with van der Waals surface area (Å²) in [6, 6.07) is 21.1. The summed E-state index contributed by atoms with van der Waals surface area (Å²) < 4.78 is 17.4. The molecule has 0 spiro atoms. The number of hydrogen-bond donors (Lipinski definition) is 1. The van der Waals surface area contributed by atoms with Crippen LogP contribution < -0.4 is 14.2 Å². The number of fused-ring (bicyclic) bond motifs is 1. The Labute approximate surface area is 171 Å². The van der Waals surface area contributed by atoms with E-state index >= 15 is 0 Å². The number of hydrogen-bond acceptors (Lipinski definition) is 4. The molecule has 1 N–H and O–H groups in total. The van der Waals surface area contributed by atoms with Crippen LogP contribution in [0.3, 0.4) is 0 Å². The standard InChI is InChI=1S/C25H24O4/c1-4-21-22-15-20(28-3)12-13-23(22)29-25(16-8-10-18(26)11-9-16)24(21)17-6-5-7-19(14-17)27-2/h5-15,25-26H,4H2,1-3H3/t25-/m0/s1. The molecule has 0 unspecified atom stereocenters. The molecule has 3 aromatic carbocycles. The Hall–Kier alpha value is -3.40. The molecule has 0 radical (unpaired) electrons. The Balaban J connectivity index is 1.96. The van der Waals surface area contributed by atoms with Gasteiger partial charge >= 0.3 is 0 Å². The van der Waals surface area contributed by atoms with Gasteiger partial charge in [-0.05, 0) is 65.6 Å². The Bertz CT molecular complexity index is 1050. The zero-order chi connectivity index (χ0) is 20.4. The van der Waals surface area contributed by atoms with Crippen molar-refractivity contribution in [3.8, 4) is 23.0 Å². The first-order chi connectivity index (χ1) is 14.1. The number of allylic oxidation sites excluding steroid dienone is 1. The summed E-state index contributed by atoms with van der Waals surface area (Å²) in [4.78, 5) is 0. The Kier molecular flexibility index (Phi) is 5.17. The topological polar surface area (TPSA) is 47.9 Å². The van der Waals surface area contributed by atoms with Gasteiger partial charge in [0.05, 0.1) is 14.2 Å². The quantitative estimate of drug-likeness (QED) is 0.594. The van der Waals surface area contributed by atoms with Crippen LogP contribution in [0.2, 0.25) is 0 Å². The summed E-state index contributed by atoms with van der Waals surface area (Å²) in [5, 5.41) is 9.74. The van der Waals surface area contributed by atoms with E-state index in [0.29, 0.717) is 0 Å². The smallest absolute Gasteiger partial charge is 0.150 e. The van der Waals surface area contributed by atoms with E-state index in [1.807, 2.05) is 48.5 Å². The fourth-order valence-electron chi connectivity index (χ4n) is 3.84. The van der Waals surface area contributed by atoms with Crippen molar-refractivity contribution >= 4 is 11.1 Å². The van der Waals surface area contributed by atoms with E-state index < -0.39 is 0 Å². The first-order valence-corrected chi connectivity index (χ1v) is 9.66. The van der Waals surface area contributed by atoms with Gasteiger partial charge in [0.15, 0.2) is 0 Å². The third-order valence-electron chi connectivity index (χ3n) is 5.27. The molecule has 0 aliphatic carbocycles. The summed E-state index contributed by atoms with van der Waals surface area (Å²) in [7, 11) is 3.34. The molecule has 0 saturated carbocycles. The van der Waals surface area contributed by atoms with Crippen LogP contribution in [0.1, 0.15) is 36.1 Å². The van der Waals surface area contributed by atoms with E-state index in [-0.39, 0.29) is 11.9 Å². The maximum absolute atomic E-state index is 9.74. The van der Waals surface area contributed by atoms with Crippen molar-refractivity contribution in [2.24, 2.45) is 0 Å². The van der Waals surface area contributed by atoms with Crippen molar-refractivity contribution in [3.63, 3.8) is 0 Å². The van der Waals surface area contributed by atoms with Gasteiger partial charge in [0, 0.05) is 11.1 Å². The van der Waals surface area contributed by atoms with Gasteiger partial charge in [-0.1, -0.05) is 31.2 Å². The molecule has 0 aromatic heterocycles. The van der Waals surface area contributed by atoms with Gasteiger partial charge in [-0.2, -0.15) is 0 Å². The van der Waals surface area contributed by atoms with Gasteiger partial charge in [0.1, 0.15) is 29.1 Å². The summed E-state index contributed by atoms with van der Waals surface area (Å²) in [6.45, 7) is 2.15. The van der Waals surface area contributed by atoms with E-state index in [1.165, 1.54) is 5.57 Å². The second-order valence-corrected chi connectivity index (χ2v) is 6.93. The highest BCUT2D eigenvalue weighted by Gasteiger charge is 2.30. The fourth-order valence-corrected chi connectivity index (χ4v) is 3.84. The monoisotopic (exact) mass is 388 g/mol. The second-order valence-electron chi connectivity index (χ2n) is 6.93. The molecule has 0 amide bonds. The minimum atomic E-state index is -0.293. The molecular formula is C25H24O4. The molecule has 29 heavy (non-hydrogen) atoms. The van der Waals surface area contributed by atoms with Crippen LogP contribution in [0, 0.1) is 0 Å². The van der Waals surface area contributed by atoms with Crippen molar-refractivity contribution in [1.82, 2.24) is 0 Å². The van der Waals surface area contributed by atoms with E-state index in [0.717, 1.165) is 45.9 Å². The van der Waals surface area contributed by atoms with Crippen LogP contribution in [-0.2, 0) is 0 Å². The number of rotatable bonds is 5. The van der Waals surface area contributed by atoms with E-state index in [1.54, 1.807) is 26.4 Å². The molecule has 1 heterocycles. The summed E-state index contributed by atoms with van der Waals surface area (Å²) in [5.41, 5.74) is 5.37. The molecule has 4 rings (SSSR count). The normalized spacial score (nSPS) is 15.5. The average Bonchev–Trinajstić information content (AvgIpc) is 2.77. The van der Waals surface area contributed by atoms with Crippen LogP contribution in [0.25, 0.3) is 11.1 Å². The number of methoxy groups -OCH3 is 2. The van der Waals surface area contributed by atoms with Gasteiger partial charge in [-0.25, -0.2) is 0 Å². The van der Waals surface area contributed by atoms with E-state index in [2.05, 4.69) is 13.0 Å². The number of aromatic hydroxyl groups is 1. The van der Waals surface area contributed by atoms with Crippen LogP contribution in [0.15, 0.2) is 66.7 Å². The van der Waals surface area contributed by atoms with Gasteiger partial charge in [-0.15, -0.1) is 0 Å². The lowest BCUT2D eigenvalue weighted by molar-refractivity contribution is 0.259. The average molecular weight is 388 g/mol. The third kappa shape index (κ3) is 3.54. The lowest BCUT2D eigenvalue weighted by Crippen LogP contribution is -2.17. The van der Waals surface area contributed by atoms with Crippen LogP contribution >= 0.6 is 0 Å². The molecule has 0 saturated heterocycles. The molecule has 0 fully saturated rings. The molecule has 4 nitrogen and oxygen atoms in total. The highest BCUT2D eigenvalue weighted by atomic mass is 16.5. The Morgan fingerprint density at radius 2 is 1.62 bits per heavy atom. The first-order valence-electron chi connectivity index (χ1n) is 9.66. The van der Waals surface area contributed by atoms with Gasteiger partial charge in [-0.3, -0.25) is 0 Å². The number of benzene rings is 3. The van der Waals surface area contributed by atoms with Gasteiger partial charge in [0.25, 0.3) is 0 Å². The zero-order valence-electron chi connectivity index (χ0n) is 16.8. The van der Waals surface area contributed by atoms with Crippen molar-refractivity contribution in [3.05, 3.63) is 83.4 Å². The summed E-state index contributed by atoms with van der Waals surface area (Å²) in [5.74, 6) is 2.66. The van der Waals surface area contributed by atoms with Gasteiger partial charge < -0.3 is 19.3 Å². The molecule has 1 atom stereocenters. The van der Waals surface area contributed by atoms with Crippen molar-refractivity contribution < 1.29 is 19.3 Å². The number of ether oxygens (including phenoxy) is 3. The SMILES string of the molecule is CCC1=C(c2cccc(OC)c2)[C@H](c2ccc(O)cc2)Oc2ccc(OC)cc21. The van der Waals surface area contributed by atoms with Crippen LogP contribution in [0.5, 0.6) is 23.0 Å². The lowest BCUT2D eigenvalue weighted by Gasteiger charge is -2.32. The van der Waals surface area contributed by atoms with Crippen LogP contribution in [0.4, 0.5) is 0 Å². The van der Waals surface area contributed by atoms with Crippen LogP contribution in [-0.4, -0.2) is 19.3 Å². The first kappa shape index (κ1) is 18.9. The largest absolute Gasteiger partial charge is 0.508 e. The van der Waals surface area contributed by atoms with Crippen molar-refractivity contribution in [1.29, 1.82) is 0 Å². The predicted molar refractivity (Wildman–Crippen MR) is 115 cm³/mol. The molecule has 1 aliphatic heterocycles. The lowest BCUT2D eigenvalue weighted by atomic mass is 9.84. The Morgan fingerprint density at radius 1 is 0.897 bits per heavy atom. The third-order valence-corrected chi connectivity index (χ3v) is 5.27. The Morgan fingerprint density at radius 3 is 2.31 bits per heavy atom. The maximum Gasteiger partial charge on any atom is 0.150 e. The molecular weight excluding hydrogens is 364 g/mol. The highest BCUT2D eigenvalue weighted by molar-refractivity contribution is 5.96. The fraction of sp³-hybridized carbons (Fsp3) is 0.200. The molecule has 148 valence electrons. The van der Waals surface area contributed by atoms with E-state index in [9.17, 15) is 5.11 Å². The minimum absolute atomic E-state index is 0.234. The van der Waals surface area contributed by atoms with Gasteiger partial charge in [0.2, 0.25) is 0 Å². The van der Waals surface area contributed by atoms with E-state index in [4.69, 9.17) is 14.2 Å². The summed E-state index contributed by atoms with van der Waals surface area (Å²) >= 11 is 0. The minimum Gasteiger partial charge on any atom is -0.508 e. The highest BCUT2D eigenvalue weighted by Crippen LogP contribution is 2.49. The molecule has 1 aliphatic rings. The number of phenolic OH excluding ortho intramolecular Hbond substituents is 1. The second kappa shape index (κ2) is 7.92. The zero-order valence-corrected chi connectivity index (χ0v) is 16.8. The number of phenols is 1. The summed E-state index contributed by atoms with van der Waals surface area (Å²) in [6.07, 6.45) is 0.545. The van der Waals surface area contributed by atoms with Crippen molar-refractivity contribution in [2.45, 2.75) is 19.4 Å². The molecule has 0 bridgehead atoms. The molecule has 3 aromatic rings. The van der Waals surface area contributed by atoms with Crippen molar-refractivity contribution in [2.75, 3.05) is 14.2 Å².